The van der Waals surface area contributed by atoms with Crippen molar-refractivity contribution in [3.05, 3.63) is 35.9 Å². The monoisotopic (exact) mass is 248 g/mol. The summed E-state index contributed by atoms with van der Waals surface area (Å²) in [5.41, 5.74) is 1.76. The van der Waals surface area contributed by atoms with Crippen molar-refractivity contribution in [3.8, 4) is 16.9 Å². The second-order valence-corrected chi connectivity index (χ2v) is 3.93. The predicted octanol–water partition coefficient (Wildman–Crippen LogP) is 2.44. The van der Waals surface area contributed by atoms with Gasteiger partial charge in [-0.2, -0.15) is 5.10 Å². The van der Waals surface area contributed by atoms with Crippen molar-refractivity contribution in [2.45, 2.75) is 6.92 Å². The number of aryl methyl sites for hydroxylation is 1. The van der Waals surface area contributed by atoms with Gasteiger partial charge in [-0.1, -0.05) is 0 Å². The number of hydrogen-bond donors (Lipinski definition) is 0. The summed E-state index contributed by atoms with van der Waals surface area (Å²) >= 11 is 0. The first kappa shape index (κ1) is 12.3. The Labute approximate surface area is 104 Å². The molecule has 0 fully saturated rings. The van der Waals surface area contributed by atoms with Crippen LogP contribution in [-0.2, 0) is 7.05 Å². The average molecular weight is 248 g/mol. The molecule has 2 rings (SSSR count). The molecule has 0 atom stereocenters. The first-order chi connectivity index (χ1) is 8.54. The van der Waals surface area contributed by atoms with Gasteiger partial charge in [-0.05, 0) is 12.1 Å². The summed E-state index contributed by atoms with van der Waals surface area (Å²) in [6.07, 6.45) is 1.58. The molecule has 0 spiro atoms. The second kappa shape index (κ2) is 4.60. The van der Waals surface area contributed by atoms with E-state index in [-0.39, 0.29) is 11.6 Å². The molecule has 2 aromatic rings. The SMILES string of the molecule is COc1cc(F)ccc1-c1cnn(C)c1C(C)=O. The third-order valence-electron chi connectivity index (χ3n) is 2.73. The summed E-state index contributed by atoms with van der Waals surface area (Å²) in [7, 11) is 3.15. The molecular formula is C13H13FN2O2. The Bertz CT molecular complexity index is 605. The summed E-state index contributed by atoms with van der Waals surface area (Å²) in [6.45, 7) is 1.47. The second-order valence-electron chi connectivity index (χ2n) is 3.93. The van der Waals surface area contributed by atoms with Crippen LogP contribution in [0.4, 0.5) is 4.39 Å². The summed E-state index contributed by atoms with van der Waals surface area (Å²) in [5.74, 6) is -0.106. The van der Waals surface area contributed by atoms with E-state index >= 15 is 0 Å². The fourth-order valence-corrected chi connectivity index (χ4v) is 1.94. The number of hydrogen-bond acceptors (Lipinski definition) is 3. The quantitative estimate of drug-likeness (QED) is 0.783. The Morgan fingerprint density at radius 1 is 1.39 bits per heavy atom. The normalized spacial score (nSPS) is 10.4. The van der Waals surface area contributed by atoms with Crippen molar-refractivity contribution in [2.75, 3.05) is 7.11 Å². The number of ether oxygens (including phenoxy) is 1. The first-order valence-electron chi connectivity index (χ1n) is 5.41. The maximum atomic E-state index is 13.1. The molecule has 0 unspecified atom stereocenters. The number of ketones is 1. The molecule has 5 heteroatoms. The van der Waals surface area contributed by atoms with Crippen LogP contribution >= 0.6 is 0 Å². The first-order valence-corrected chi connectivity index (χ1v) is 5.41. The largest absolute Gasteiger partial charge is 0.496 e. The van der Waals surface area contributed by atoms with Crippen LogP contribution in [0.2, 0.25) is 0 Å². The highest BCUT2D eigenvalue weighted by Gasteiger charge is 2.17. The van der Waals surface area contributed by atoms with Gasteiger partial charge >= 0.3 is 0 Å². The van der Waals surface area contributed by atoms with E-state index < -0.39 is 0 Å². The highest BCUT2D eigenvalue weighted by Crippen LogP contribution is 2.32. The van der Waals surface area contributed by atoms with E-state index in [0.717, 1.165) is 0 Å². The highest BCUT2D eigenvalue weighted by atomic mass is 19.1. The molecule has 1 aromatic carbocycles. The van der Waals surface area contributed by atoms with Crippen LogP contribution in [0.25, 0.3) is 11.1 Å². The van der Waals surface area contributed by atoms with Gasteiger partial charge in [-0.25, -0.2) is 4.39 Å². The van der Waals surface area contributed by atoms with Crippen molar-refractivity contribution in [3.63, 3.8) is 0 Å². The zero-order valence-electron chi connectivity index (χ0n) is 10.4. The van der Waals surface area contributed by atoms with Crippen LogP contribution < -0.4 is 4.74 Å². The molecular weight excluding hydrogens is 235 g/mol. The minimum Gasteiger partial charge on any atom is -0.496 e. The number of halogens is 1. The van der Waals surface area contributed by atoms with E-state index in [0.29, 0.717) is 22.6 Å². The van der Waals surface area contributed by atoms with E-state index in [1.54, 1.807) is 19.3 Å². The summed E-state index contributed by atoms with van der Waals surface area (Å²) in [5, 5.41) is 4.06. The van der Waals surface area contributed by atoms with Gasteiger partial charge in [0.1, 0.15) is 17.3 Å². The Hall–Kier alpha value is -2.17. The summed E-state index contributed by atoms with van der Waals surface area (Å²) < 4.78 is 19.8. The molecule has 0 aliphatic rings. The number of carbonyl (C=O) groups excluding carboxylic acids is 1. The molecule has 0 aliphatic heterocycles. The fourth-order valence-electron chi connectivity index (χ4n) is 1.94. The Morgan fingerprint density at radius 3 is 2.72 bits per heavy atom. The lowest BCUT2D eigenvalue weighted by Crippen LogP contribution is -2.04. The molecule has 0 aliphatic carbocycles. The molecule has 1 heterocycles. The van der Waals surface area contributed by atoms with Gasteiger partial charge < -0.3 is 4.74 Å². The molecule has 94 valence electrons. The molecule has 4 nitrogen and oxygen atoms in total. The van der Waals surface area contributed by atoms with Gasteiger partial charge in [0.15, 0.2) is 5.78 Å². The third kappa shape index (κ3) is 1.99. The van der Waals surface area contributed by atoms with E-state index in [9.17, 15) is 9.18 Å². The Kier molecular flexibility index (Phi) is 3.14. The van der Waals surface area contributed by atoms with Gasteiger partial charge in [0.05, 0.1) is 13.3 Å². The lowest BCUT2D eigenvalue weighted by atomic mass is 10.0. The van der Waals surface area contributed by atoms with E-state index in [1.807, 2.05) is 0 Å². The molecule has 0 amide bonds. The number of Topliss-reactive ketones (excluding diaryl/α,β-unsaturated/α-hetero) is 1. The van der Waals surface area contributed by atoms with Crippen LogP contribution in [0.1, 0.15) is 17.4 Å². The average Bonchev–Trinajstić information content (AvgIpc) is 2.70. The molecule has 0 bridgehead atoms. The minimum atomic E-state index is -0.385. The standard InChI is InChI=1S/C13H13FN2O2/c1-8(17)13-11(7-15-16(13)2)10-5-4-9(14)6-12(10)18-3/h4-7H,1-3H3. The molecule has 1 aromatic heterocycles. The number of benzene rings is 1. The number of methoxy groups -OCH3 is 1. The number of nitrogens with zero attached hydrogens (tertiary/aromatic N) is 2. The lowest BCUT2D eigenvalue weighted by molar-refractivity contribution is 0.100. The minimum absolute atomic E-state index is 0.101. The van der Waals surface area contributed by atoms with Crippen molar-refractivity contribution in [2.24, 2.45) is 7.05 Å². The molecule has 0 saturated carbocycles. The number of carbonyl (C=O) groups is 1. The van der Waals surface area contributed by atoms with Gasteiger partial charge in [0, 0.05) is 31.2 Å². The molecule has 18 heavy (non-hydrogen) atoms. The Balaban J connectivity index is 2.66. The van der Waals surface area contributed by atoms with Gasteiger partial charge in [-0.15, -0.1) is 0 Å². The predicted molar refractivity (Wildman–Crippen MR) is 65.2 cm³/mol. The molecule has 0 saturated heterocycles. The lowest BCUT2D eigenvalue weighted by Gasteiger charge is -2.08. The molecule has 0 radical (unpaired) electrons. The van der Waals surface area contributed by atoms with Gasteiger partial charge in [0.25, 0.3) is 0 Å². The topological polar surface area (TPSA) is 44.1 Å². The van der Waals surface area contributed by atoms with Gasteiger partial charge in [0.2, 0.25) is 0 Å². The maximum Gasteiger partial charge on any atom is 0.178 e. The Morgan fingerprint density at radius 2 is 2.11 bits per heavy atom. The van der Waals surface area contributed by atoms with Crippen molar-refractivity contribution in [1.29, 1.82) is 0 Å². The van der Waals surface area contributed by atoms with Crippen molar-refractivity contribution < 1.29 is 13.9 Å². The number of aromatic nitrogens is 2. The van der Waals surface area contributed by atoms with E-state index in [1.165, 1.54) is 30.8 Å². The third-order valence-corrected chi connectivity index (χ3v) is 2.73. The maximum absolute atomic E-state index is 13.1. The van der Waals surface area contributed by atoms with Crippen LogP contribution in [0.5, 0.6) is 5.75 Å². The van der Waals surface area contributed by atoms with E-state index in [2.05, 4.69) is 5.10 Å². The van der Waals surface area contributed by atoms with Crippen LogP contribution in [-0.4, -0.2) is 22.7 Å². The highest BCUT2D eigenvalue weighted by molar-refractivity contribution is 5.99. The van der Waals surface area contributed by atoms with E-state index in [4.69, 9.17) is 4.74 Å². The number of rotatable bonds is 3. The summed E-state index contributed by atoms with van der Waals surface area (Å²) in [6, 6.07) is 4.19. The van der Waals surface area contributed by atoms with Crippen molar-refractivity contribution >= 4 is 5.78 Å². The smallest absolute Gasteiger partial charge is 0.178 e. The zero-order valence-corrected chi connectivity index (χ0v) is 10.4. The fraction of sp³-hybridized carbons (Fsp3) is 0.231. The summed E-state index contributed by atoms with van der Waals surface area (Å²) in [4.78, 5) is 11.6. The van der Waals surface area contributed by atoms with Crippen molar-refractivity contribution in [1.82, 2.24) is 9.78 Å². The van der Waals surface area contributed by atoms with Crippen LogP contribution in [0, 0.1) is 5.82 Å². The van der Waals surface area contributed by atoms with Crippen LogP contribution in [0.3, 0.4) is 0 Å². The van der Waals surface area contributed by atoms with Crippen LogP contribution in [0.15, 0.2) is 24.4 Å². The molecule has 0 N–H and O–H groups in total. The zero-order chi connectivity index (χ0) is 13.3. The van der Waals surface area contributed by atoms with Gasteiger partial charge in [-0.3, -0.25) is 9.48 Å².